The van der Waals surface area contributed by atoms with Gasteiger partial charge in [-0.15, -0.1) is 0 Å². The van der Waals surface area contributed by atoms with Crippen molar-refractivity contribution in [3.63, 3.8) is 0 Å². The number of aliphatic carboxylic acids is 1. The molecule has 1 fully saturated rings. The van der Waals surface area contributed by atoms with Gasteiger partial charge in [-0.05, 0) is 55.9 Å². The Kier molecular flexibility index (Phi) is 6.29. The Balaban J connectivity index is 1.30. The third-order valence-corrected chi connectivity index (χ3v) is 6.96. The summed E-state index contributed by atoms with van der Waals surface area (Å²) in [4.78, 5) is 24.2. The summed E-state index contributed by atoms with van der Waals surface area (Å²) in [5.74, 6) is -0.318. The molecule has 1 aliphatic carbocycles. The Morgan fingerprint density at radius 1 is 0.973 bits per heavy atom. The topological polar surface area (TPSA) is 102 Å². The summed E-state index contributed by atoms with van der Waals surface area (Å²) in [6, 6.07) is 23.2. The summed E-state index contributed by atoms with van der Waals surface area (Å²) in [6.07, 6.45) is 0.358. The molecule has 188 valence electrons. The van der Waals surface area contributed by atoms with Crippen LogP contribution in [0.5, 0.6) is 0 Å². The number of ether oxygens (including phenoxy) is 1. The Hall–Kier alpha value is -4.39. The molecule has 2 N–H and O–H groups in total. The normalized spacial score (nSPS) is 14.6. The fourth-order valence-electron chi connectivity index (χ4n) is 4.54. The molecule has 0 unspecified atom stereocenters. The molecule has 7 heteroatoms. The second-order valence-electron chi connectivity index (χ2n) is 9.60. The molecule has 1 aliphatic rings. The first-order valence-corrected chi connectivity index (χ1v) is 12.2. The quantitative estimate of drug-likeness (QED) is 0.284. The van der Waals surface area contributed by atoms with Gasteiger partial charge in [0.2, 0.25) is 0 Å². The average Bonchev–Trinajstić information content (AvgIpc) is 3.64. The van der Waals surface area contributed by atoms with E-state index in [0.29, 0.717) is 30.0 Å². The molecule has 0 bridgehead atoms. The van der Waals surface area contributed by atoms with Crippen molar-refractivity contribution < 1.29 is 24.0 Å². The highest BCUT2D eigenvalue weighted by Crippen LogP contribution is 2.48. The molecular weight excluding hydrogens is 468 g/mol. The minimum atomic E-state index is -0.759. The van der Waals surface area contributed by atoms with Crippen LogP contribution in [-0.4, -0.2) is 22.3 Å². The minimum absolute atomic E-state index is 0.417. The summed E-state index contributed by atoms with van der Waals surface area (Å²) in [7, 11) is 0. The number of nitrogens with zero attached hydrogens (tertiary/aromatic N) is 1. The first kappa shape index (κ1) is 24.3. The number of carbonyl (C=O) groups excluding carboxylic acids is 1. The smallest absolute Gasteiger partial charge is 0.412 e. The molecule has 5 rings (SSSR count). The second kappa shape index (κ2) is 9.58. The van der Waals surface area contributed by atoms with Crippen LogP contribution >= 0.6 is 0 Å². The third kappa shape index (κ3) is 4.85. The van der Waals surface area contributed by atoms with Crippen molar-refractivity contribution in [2.45, 2.75) is 45.1 Å². The third-order valence-electron chi connectivity index (χ3n) is 6.96. The highest BCUT2D eigenvalue weighted by molar-refractivity contribution is 5.91. The number of carbonyl (C=O) groups is 2. The van der Waals surface area contributed by atoms with Gasteiger partial charge in [0.15, 0.2) is 5.76 Å². The van der Waals surface area contributed by atoms with Crippen LogP contribution in [0.4, 0.5) is 10.5 Å². The number of aromatic nitrogens is 1. The number of rotatable bonds is 7. The van der Waals surface area contributed by atoms with Crippen LogP contribution in [0.1, 0.15) is 48.3 Å². The molecule has 0 aliphatic heterocycles. The molecule has 1 amide bonds. The number of benzene rings is 3. The summed E-state index contributed by atoms with van der Waals surface area (Å²) in [5.41, 5.74) is 5.86. The molecule has 0 radical (unpaired) electrons. The Bertz CT molecular complexity index is 1450. The van der Waals surface area contributed by atoms with Crippen LogP contribution in [0.3, 0.4) is 0 Å². The number of hydrogen-bond acceptors (Lipinski definition) is 5. The van der Waals surface area contributed by atoms with E-state index >= 15 is 0 Å². The maximum atomic E-state index is 12.7. The van der Waals surface area contributed by atoms with Crippen LogP contribution < -0.4 is 5.32 Å². The van der Waals surface area contributed by atoms with E-state index in [1.54, 1.807) is 6.92 Å². The fraction of sp³-hybridized carbons (Fsp3) is 0.233. The van der Waals surface area contributed by atoms with Crippen LogP contribution in [-0.2, 0) is 14.9 Å². The number of carboxylic acid groups (broad SMARTS) is 1. The number of aryl methyl sites for hydroxylation is 2. The zero-order chi connectivity index (χ0) is 26.2. The number of nitrogens with one attached hydrogen (secondary N) is 1. The van der Waals surface area contributed by atoms with Crippen LogP contribution in [0.15, 0.2) is 77.3 Å². The average molecular weight is 497 g/mol. The molecule has 3 aromatic carbocycles. The van der Waals surface area contributed by atoms with Gasteiger partial charge < -0.3 is 14.4 Å². The molecule has 4 aromatic rings. The lowest BCUT2D eigenvalue weighted by Crippen LogP contribution is -2.19. The van der Waals surface area contributed by atoms with Crippen molar-refractivity contribution in [3.8, 4) is 22.5 Å². The molecule has 0 saturated heterocycles. The summed E-state index contributed by atoms with van der Waals surface area (Å²) in [6.45, 7) is 5.57. The lowest BCUT2D eigenvalue weighted by atomic mass is 9.93. The van der Waals surface area contributed by atoms with E-state index in [0.717, 1.165) is 33.4 Å². The van der Waals surface area contributed by atoms with Gasteiger partial charge in [-0.25, -0.2) is 4.79 Å². The molecule has 7 nitrogen and oxygen atoms in total. The van der Waals surface area contributed by atoms with Gasteiger partial charge in [0, 0.05) is 5.56 Å². The van der Waals surface area contributed by atoms with Crippen molar-refractivity contribution >= 4 is 17.7 Å². The zero-order valence-electron chi connectivity index (χ0n) is 20.9. The molecule has 1 atom stereocenters. The van der Waals surface area contributed by atoms with Gasteiger partial charge in [-0.1, -0.05) is 83.5 Å². The van der Waals surface area contributed by atoms with Crippen molar-refractivity contribution in [1.82, 2.24) is 5.16 Å². The van der Waals surface area contributed by atoms with Gasteiger partial charge >= 0.3 is 12.1 Å². The van der Waals surface area contributed by atoms with E-state index in [-0.39, 0.29) is 0 Å². The van der Waals surface area contributed by atoms with Crippen molar-refractivity contribution in [2.75, 3.05) is 5.32 Å². The zero-order valence-corrected chi connectivity index (χ0v) is 20.9. The maximum Gasteiger partial charge on any atom is 0.412 e. The number of hydrogen-bond donors (Lipinski definition) is 2. The van der Waals surface area contributed by atoms with E-state index in [9.17, 15) is 14.7 Å². The van der Waals surface area contributed by atoms with Gasteiger partial charge in [-0.3, -0.25) is 10.1 Å². The maximum absolute atomic E-state index is 12.7. The largest absolute Gasteiger partial charge is 0.481 e. The molecule has 37 heavy (non-hydrogen) atoms. The number of carboxylic acids is 1. The van der Waals surface area contributed by atoms with Crippen LogP contribution in [0, 0.1) is 13.8 Å². The lowest BCUT2D eigenvalue weighted by molar-refractivity contribution is -0.140. The van der Waals surface area contributed by atoms with Crippen LogP contribution in [0.2, 0.25) is 0 Å². The number of anilines is 1. The fourth-order valence-corrected chi connectivity index (χ4v) is 4.54. The standard InChI is InChI=1S/C30H28N2O5/c1-18-5-4-6-24(17-18)20(3)36-29(35)31-26-19(2)32-37-27(26)23-9-7-21(8-10-23)22-11-13-25(14-12-22)30(15-16-30)28(33)34/h4-14,17,20H,15-16H2,1-3H3,(H,31,35)(H,33,34)/t20-/m1/s1. The van der Waals surface area contributed by atoms with E-state index in [1.807, 2.05) is 86.6 Å². The molecule has 1 aromatic heterocycles. The monoisotopic (exact) mass is 496 g/mol. The summed E-state index contributed by atoms with van der Waals surface area (Å²) < 4.78 is 11.1. The molecule has 0 spiro atoms. The summed E-state index contributed by atoms with van der Waals surface area (Å²) >= 11 is 0. The minimum Gasteiger partial charge on any atom is -0.481 e. The van der Waals surface area contributed by atoms with Crippen molar-refractivity contribution in [1.29, 1.82) is 0 Å². The van der Waals surface area contributed by atoms with E-state index in [1.165, 1.54) is 0 Å². The first-order chi connectivity index (χ1) is 17.8. The van der Waals surface area contributed by atoms with Gasteiger partial charge in [-0.2, -0.15) is 0 Å². The highest BCUT2D eigenvalue weighted by Gasteiger charge is 2.51. The van der Waals surface area contributed by atoms with Gasteiger partial charge in [0.05, 0.1) is 5.41 Å². The predicted octanol–water partition coefficient (Wildman–Crippen LogP) is 7.05. The first-order valence-electron chi connectivity index (χ1n) is 12.2. The van der Waals surface area contributed by atoms with E-state index < -0.39 is 23.6 Å². The number of amides is 1. The van der Waals surface area contributed by atoms with Gasteiger partial charge in [0.1, 0.15) is 17.5 Å². The SMILES string of the molecule is Cc1cccc([C@@H](C)OC(=O)Nc2c(C)noc2-c2ccc(-c3ccc(C4(C(=O)O)CC4)cc3)cc2)c1. The second-order valence-corrected chi connectivity index (χ2v) is 9.60. The van der Waals surface area contributed by atoms with Crippen molar-refractivity contribution in [2.24, 2.45) is 0 Å². The molecule has 1 saturated carbocycles. The molecular formula is C30H28N2O5. The Morgan fingerprint density at radius 2 is 1.59 bits per heavy atom. The Morgan fingerprint density at radius 3 is 2.19 bits per heavy atom. The highest BCUT2D eigenvalue weighted by atomic mass is 16.6. The molecule has 1 heterocycles. The summed E-state index contributed by atoms with van der Waals surface area (Å²) in [5, 5.41) is 16.3. The van der Waals surface area contributed by atoms with E-state index in [2.05, 4.69) is 10.5 Å². The van der Waals surface area contributed by atoms with Gasteiger partial charge in [0.25, 0.3) is 0 Å². The van der Waals surface area contributed by atoms with E-state index in [4.69, 9.17) is 9.26 Å². The predicted molar refractivity (Wildman–Crippen MR) is 140 cm³/mol. The van der Waals surface area contributed by atoms with Crippen molar-refractivity contribution in [3.05, 3.63) is 95.2 Å². The Labute approximate surface area is 215 Å². The van der Waals surface area contributed by atoms with Crippen LogP contribution in [0.25, 0.3) is 22.5 Å². The lowest BCUT2D eigenvalue weighted by Gasteiger charge is -2.15.